The average Bonchev–Trinajstić information content (AvgIpc) is 3.32. The van der Waals surface area contributed by atoms with Gasteiger partial charge in [0.05, 0.1) is 32.5 Å². The molecule has 0 saturated carbocycles. The maximum atomic E-state index is 11.3. The number of hydrogen-bond acceptors (Lipinski definition) is 7. The summed E-state index contributed by atoms with van der Waals surface area (Å²) in [5, 5.41) is 20.8. The summed E-state index contributed by atoms with van der Waals surface area (Å²) in [5.41, 5.74) is 2.57. The number of aliphatic hydroxyl groups excluding tert-OH is 1. The third-order valence-electron chi connectivity index (χ3n) is 6.54. The largest absolute Gasteiger partial charge is 0.508 e. The minimum Gasteiger partial charge on any atom is -0.508 e. The average molecular weight is 458 g/mol. The second-order valence-electron chi connectivity index (χ2n) is 8.69. The number of likely N-dealkylation sites (tertiary alicyclic amines) is 1. The lowest BCUT2D eigenvalue weighted by Crippen LogP contribution is -2.33. The van der Waals surface area contributed by atoms with Crippen molar-refractivity contribution in [2.45, 2.75) is 44.6 Å². The Labute approximate surface area is 195 Å². The van der Waals surface area contributed by atoms with Crippen LogP contribution in [-0.2, 0) is 12.8 Å². The number of aromatic hydroxyl groups is 1. The third kappa shape index (κ3) is 5.31. The van der Waals surface area contributed by atoms with Crippen LogP contribution < -0.4 is 18.9 Å². The van der Waals surface area contributed by atoms with Gasteiger partial charge in [-0.1, -0.05) is 18.6 Å². The van der Waals surface area contributed by atoms with E-state index in [2.05, 4.69) is 4.90 Å². The predicted molar refractivity (Wildman–Crippen MR) is 126 cm³/mol. The SMILES string of the molecule is COc1c2c(c(OC)c(C(O)CCc3ccc(O)cc3)c1OCCN1CCCCC1)CCO2. The van der Waals surface area contributed by atoms with Crippen LogP contribution in [-0.4, -0.2) is 62.2 Å². The van der Waals surface area contributed by atoms with Gasteiger partial charge in [-0.05, 0) is 56.5 Å². The number of nitrogens with zero attached hydrogens (tertiary/aromatic N) is 1. The molecule has 1 saturated heterocycles. The molecule has 1 fully saturated rings. The van der Waals surface area contributed by atoms with Crippen LogP contribution in [0.25, 0.3) is 0 Å². The first-order valence-electron chi connectivity index (χ1n) is 11.9. The molecule has 2 aliphatic heterocycles. The monoisotopic (exact) mass is 457 g/mol. The van der Waals surface area contributed by atoms with Crippen molar-refractivity contribution >= 4 is 0 Å². The summed E-state index contributed by atoms with van der Waals surface area (Å²) in [6.07, 6.45) is 4.76. The normalized spacial score (nSPS) is 16.7. The minimum absolute atomic E-state index is 0.230. The zero-order chi connectivity index (χ0) is 23.2. The van der Waals surface area contributed by atoms with Gasteiger partial charge in [0.1, 0.15) is 18.1 Å². The van der Waals surface area contributed by atoms with Gasteiger partial charge in [-0.3, -0.25) is 4.90 Å². The van der Waals surface area contributed by atoms with Crippen molar-refractivity contribution in [1.82, 2.24) is 4.90 Å². The molecule has 2 aromatic carbocycles. The molecule has 0 amide bonds. The van der Waals surface area contributed by atoms with Crippen LogP contribution in [0, 0.1) is 0 Å². The van der Waals surface area contributed by atoms with E-state index in [1.54, 1.807) is 26.4 Å². The number of aryl methyl sites for hydroxylation is 1. The Morgan fingerprint density at radius 3 is 2.42 bits per heavy atom. The van der Waals surface area contributed by atoms with Crippen molar-refractivity contribution in [2.75, 3.05) is 47.1 Å². The molecule has 0 aromatic heterocycles. The molecule has 0 radical (unpaired) electrons. The number of piperidine rings is 1. The van der Waals surface area contributed by atoms with Crippen molar-refractivity contribution in [2.24, 2.45) is 0 Å². The van der Waals surface area contributed by atoms with E-state index >= 15 is 0 Å². The molecule has 0 spiro atoms. The van der Waals surface area contributed by atoms with E-state index in [-0.39, 0.29) is 5.75 Å². The van der Waals surface area contributed by atoms with Gasteiger partial charge in [-0.15, -0.1) is 0 Å². The number of hydrogen-bond donors (Lipinski definition) is 2. The highest BCUT2D eigenvalue weighted by Gasteiger charge is 2.33. The van der Waals surface area contributed by atoms with E-state index in [0.29, 0.717) is 61.0 Å². The molecule has 4 rings (SSSR count). The van der Waals surface area contributed by atoms with Gasteiger partial charge in [0.25, 0.3) is 0 Å². The second-order valence-corrected chi connectivity index (χ2v) is 8.69. The lowest BCUT2D eigenvalue weighted by molar-refractivity contribution is 0.148. The van der Waals surface area contributed by atoms with Crippen LogP contribution in [0.1, 0.15) is 48.5 Å². The topological polar surface area (TPSA) is 80.6 Å². The summed E-state index contributed by atoms with van der Waals surface area (Å²) in [7, 11) is 3.22. The molecule has 2 heterocycles. The number of methoxy groups -OCH3 is 2. The van der Waals surface area contributed by atoms with Crippen molar-refractivity contribution in [3.63, 3.8) is 0 Å². The molecule has 0 aliphatic carbocycles. The number of aliphatic hydroxyl groups is 1. The summed E-state index contributed by atoms with van der Waals surface area (Å²) < 4.78 is 23.7. The Morgan fingerprint density at radius 1 is 1.00 bits per heavy atom. The molecule has 0 bridgehead atoms. The smallest absolute Gasteiger partial charge is 0.204 e. The second kappa shape index (κ2) is 11.0. The molecule has 1 unspecified atom stereocenters. The fourth-order valence-electron chi connectivity index (χ4n) is 4.80. The molecular formula is C26H35NO6. The lowest BCUT2D eigenvalue weighted by atomic mass is 9.95. The first kappa shape index (κ1) is 23.5. The maximum Gasteiger partial charge on any atom is 0.204 e. The van der Waals surface area contributed by atoms with Crippen LogP contribution in [0.2, 0.25) is 0 Å². The van der Waals surface area contributed by atoms with Crippen LogP contribution in [0.4, 0.5) is 0 Å². The van der Waals surface area contributed by atoms with Crippen LogP contribution in [0.5, 0.6) is 28.7 Å². The zero-order valence-corrected chi connectivity index (χ0v) is 19.6. The summed E-state index contributed by atoms with van der Waals surface area (Å²) in [6.45, 7) is 4.06. The minimum atomic E-state index is -0.807. The van der Waals surface area contributed by atoms with Crippen molar-refractivity contribution in [3.05, 3.63) is 41.0 Å². The number of phenolic OH excluding ortho intramolecular Hbond substituents is 1. The predicted octanol–water partition coefficient (Wildman–Crippen LogP) is 3.88. The van der Waals surface area contributed by atoms with Crippen LogP contribution >= 0.6 is 0 Å². The summed E-state index contributed by atoms with van der Waals surface area (Å²) in [6, 6.07) is 7.05. The molecular weight excluding hydrogens is 422 g/mol. The standard InChI is InChI=1S/C26H35NO6/c1-30-23-20-12-16-32-24(20)26(31-2)25(33-17-15-27-13-4-3-5-14-27)22(23)21(29)11-8-18-6-9-19(28)10-7-18/h6-7,9-10,21,28-29H,3-5,8,11-17H2,1-2H3. The van der Waals surface area contributed by atoms with Crippen molar-refractivity contribution in [3.8, 4) is 28.7 Å². The first-order chi connectivity index (χ1) is 16.1. The summed E-state index contributed by atoms with van der Waals surface area (Å²) in [5.74, 6) is 2.53. The van der Waals surface area contributed by atoms with Crippen molar-refractivity contribution in [1.29, 1.82) is 0 Å². The third-order valence-corrected chi connectivity index (χ3v) is 6.54. The van der Waals surface area contributed by atoms with Gasteiger partial charge in [0, 0.05) is 18.5 Å². The maximum absolute atomic E-state index is 11.3. The van der Waals surface area contributed by atoms with Crippen LogP contribution in [0.15, 0.2) is 24.3 Å². The van der Waals surface area contributed by atoms with Crippen molar-refractivity contribution < 1.29 is 29.2 Å². The quantitative estimate of drug-likeness (QED) is 0.560. The van der Waals surface area contributed by atoms with Gasteiger partial charge >= 0.3 is 0 Å². The fraction of sp³-hybridized carbons (Fsp3) is 0.538. The first-order valence-corrected chi connectivity index (χ1v) is 11.9. The molecule has 2 aliphatic rings. The van der Waals surface area contributed by atoms with E-state index < -0.39 is 6.10 Å². The van der Waals surface area contributed by atoms with Gasteiger partial charge in [0.15, 0.2) is 11.5 Å². The molecule has 2 aromatic rings. The van der Waals surface area contributed by atoms with E-state index in [0.717, 1.165) is 30.8 Å². The Balaban J connectivity index is 1.60. The number of benzene rings is 2. The highest BCUT2D eigenvalue weighted by Crippen LogP contribution is 2.53. The molecule has 180 valence electrons. The van der Waals surface area contributed by atoms with Crippen LogP contribution in [0.3, 0.4) is 0 Å². The lowest BCUT2D eigenvalue weighted by Gasteiger charge is -2.27. The molecule has 7 heteroatoms. The van der Waals surface area contributed by atoms with Gasteiger partial charge in [0.2, 0.25) is 5.75 Å². The van der Waals surface area contributed by atoms with Gasteiger partial charge in [-0.2, -0.15) is 0 Å². The van der Waals surface area contributed by atoms with E-state index in [1.165, 1.54) is 19.3 Å². The molecule has 33 heavy (non-hydrogen) atoms. The fourth-order valence-corrected chi connectivity index (χ4v) is 4.80. The zero-order valence-electron chi connectivity index (χ0n) is 19.6. The van der Waals surface area contributed by atoms with E-state index in [9.17, 15) is 10.2 Å². The summed E-state index contributed by atoms with van der Waals surface area (Å²) in [4.78, 5) is 2.41. The Morgan fingerprint density at radius 2 is 1.73 bits per heavy atom. The number of phenols is 1. The van der Waals surface area contributed by atoms with Gasteiger partial charge in [-0.25, -0.2) is 0 Å². The molecule has 2 N–H and O–H groups in total. The van der Waals surface area contributed by atoms with Gasteiger partial charge < -0.3 is 29.2 Å². The Kier molecular flexibility index (Phi) is 7.83. The number of ether oxygens (including phenoxy) is 4. The number of rotatable bonds is 10. The molecule has 7 nitrogen and oxygen atoms in total. The Bertz CT molecular complexity index is 924. The van der Waals surface area contributed by atoms with E-state index in [1.807, 2.05) is 12.1 Å². The highest BCUT2D eigenvalue weighted by molar-refractivity contribution is 5.68. The molecule has 1 atom stereocenters. The van der Waals surface area contributed by atoms with E-state index in [4.69, 9.17) is 18.9 Å². The number of fused-ring (bicyclic) bond motifs is 1. The Hall–Kier alpha value is -2.64. The summed E-state index contributed by atoms with van der Waals surface area (Å²) >= 11 is 0. The highest BCUT2D eigenvalue weighted by atomic mass is 16.5.